The van der Waals surface area contributed by atoms with Crippen LogP contribution in [0.1, 0.15) is 51.4 Å². The van der Waals surface area contributed by atoms with Gasteiger partial charge in [0.25, 0.3) is 0 Å². The van der Waals surface area contributed by atoms with Crippen LogP contribution in [0.25, 0.3) is 0 Å². The Balaban J connectivity index is 1.61. The Hall–Kier alpha value is -0.370. The molecular formula is C14H23NO. The number of carbonyl (C=O) groups excluding carboxylic acids is 1. The molecule has 0 radical (unpaired) electrons. The molecule has 90 valence electrons. The van der Waals surface area contributed by atoms with Crippen LogP contribution in [-0.2, 0) is 4.79 Å². The monoisotopic (exact) mass is 221 g/mol. The zero-order valence-corrected chi connectivity index (χ0v) is 10.2. The van der Waals surface area contributed by atoms with Crippen molar-refractivity contribution >= 4 is 5.78 Å². The van der Waals surface area contributed by atoms with Gasteiger partial charge in [0.15, 0.2) is 0 Å². The first-order valence-corrected chi connectivity index (χ1v) is 7.11. The van der Waals surface area contributed by atoms with Gasteiger partial charge >= 0.3 is 0 Å². The van der Waals surface area contributed by atoms with Gasteiger partial charge in [-0.25, -0.2) is 0 Å². The molecule has 2 saturated carbocycles. The van der Waals surface area contributed by atoms with Gasteiger partial charge in [-0.1, -0.05) is 12.8 Å². The summed E-state index contributed by atoms with van der Waals surface area (Å²) < 4.78 is 0. The summed E-state index contributed by atoms with van der Waals surface area (Å²) in [5.74, 6) is 1.89. The molecular weight excluding hydrogens is 198 g/mol. The number of ketones is 1. The van der Waals surface area contributed by atoms with E-state index in [1.165, 1.54) is 57.9 Å². The van der Waals surface area contributed by atoms with E-state index in [4.69, 9.17) is 0 Å². The van der Waals surface area contributed by atoms with Crippen molar-refractivity contribution in [3.05, 3.63) is 0 Å². The molecule has 1 aliphatic heterocycles. The molecule has 0 amide bonds. The molecule has 0 aromatic rings. The van der Waals surface area contributed by atoms with Gasteiger partial charge < -0.3 is 0 Å². The molecule has 2 heteroatoms. The molecule has 2 aliphatic carbocycles. The van der Waals surface area contributed by atoms with Gasteiger partial charge in [-0.3, -0.25) is 9.69 Å². The lowest BCUT2D eigenvalue weighted by Crippen LogP contribution is -2.48. The fourth-order valence-electron chi connectivity index (χ4n) is 3.66. The molecule has 2 unspecified atom stereocenters. The van der Waals surface area contributed by atoms with Crippen molar-refractivity contribution in [3.63, 3.8) is 0 Å². The number of nitrogens with zero attached hydrogens (tertiary/aromatic N) is 1. The smallest absolute Gasteiger partial charge is 0.149 e. The maximum Gasteiger partial charge on any atom is 0.149 e. The highest BCUT2D eigenvalue weighted by atomic mass is 16.1. The number of rotatable bonds is 3. The molecule has 2 nitrogen and oxygen atoms in total. The summed E-state index contributed by atoms with van der Waals surface area (Å²) in [6.45, 7) is 1.95. The number of likely N-dealkylation sites (tertiary alicyclic amines) is 1. The predicted molar refractivity (Wildman–Crippen MR) is 64.3 cm³/mol. The molecule has 0 N–H and O–H groups in total. The highest BCUT2D eigenvalue weighted by Crippen LogP contribution is 2.36. The van der Waals surface area contributed by atoms with E-state index in [0.29, 0.717) is 11.7 Å². The van der Waals surface area contributed by atoms with E-state index in [9.17, 15) is 4.79 Å². The summed E-state index contributed by atoms with van der Waals surface area (Å²) in [4.78, 5) is 14.4. The quantitative estimate of drug-likeness (QED) is 0.730. The van der Waals surface area contributed by atoms with Gasteiger partial charge in [0.05, 0.1) is 6.54 Å². The van der Waals surface area contributed by atoms with Crippen LogP contribution in [0.5, 0.6) is 0 Å². The average Bonchev–Trinajstić information content (AvgIpc) is 3.13. The molecule has 3 fully saturated rings. The average molecular weight is 221 g/mol. The lowest BCUT2D eigenvalue weighted by atomic mass is 9.78. The first-order chi connectivity index (χ1) is 7.84. The Morgan fingerprint density at radius 1 is 1.00 bits per heavy atom. The van der Waals surface area contributed by atoms with E-state index in [1.807, 2.05) is 0 Å². The SMILES string of the molecule is O=C(CN1CCCC2CCCCC21)C1CC1. The van der Waals surface area contributed by atoms with Crippen molar-refractivity contribution in [3.8, 4) is 0 Å². The summed E-state index contributed by atoms with van der Waals surface area (Å²) >= 11 is 0. The van der Waals surface area contributed by atoms with Crippen molar-refractivity contribution in [2.24, 2.45) is 11.8 Å². The largest absolute Gasteiger partial charge is 0.298 e. The maximum atomic E-state index is 11.9. The zero-order chi connectivity index (χ0) is 11.0. The maximum absolute atomic E-state index is 11.9. The van der Waals surface area contributed by atoms with Gasteiger partial charge in [0, 0.05) is 12.0 Å². The van der Waals surface area contributed by atoms with Crippen LogP contribution in [0.4, 0.5) is 0 Å². The first-order valence-electron chi connectivity index (χ1n) is 7.11. The lowest BCUT2D eigenvalue weighted by Gasteiger charge is -2.43. The highest BCUT2D eigenvalue weighted by Gasteiger charge is 2.36. The Morgan fingerprint density at radius 2 is 1.75 bits per heavy atom. The predicted octanol–water partition coefficient (Wildman–Crippen LogP) is 2.62. The summed E-state index contributed by atoms with van der Waals surface area (Å²) in [5, 5.41) is 0. The first kappa shape index (κ1) is 10.8. The number of piperidine rings is 1. The van der Waals surface area contributed by atoms with Crippen LogP contribution in [0.3, 0.4) is 0 Å². The Kier molecular flexibility index (Phi) is 3.01. The molecule has 16 heavy (non-hydrogen) atoms. The van der Waals surface area contributed by atoms with Crippen molar-refractivity contribution < 1.29 is 4.79 Å². The van der Waals surface area contributed by atoms with Crippen LogP contribution in [0.15, 0.2) is 0 Å². The third-order valence-electron chi connectivity index (χ3n) is 4.75. The van der Waals surface area contributed by atoms with Crippen LogP contribution in [-0.4, -0.2) is 29.8 Å². The second-order valence-electron chi connectivity index (χ2n) is 5.97. The number of Topliss-reactive ketones (excluding diaryl/α,β-unsaturated/α-hetero) is 1. The standard InChI is InChI=1S/C14H23NO/c16-14(12-7-8-12)10-15-9-3-5-11-4-1-2-6-13(11)15/h11-13H,1-10H2. The number of carbonyl (C=O) groups is 1. The van der Waals surface area contributed by atoms with E-state index in [2.05, 4.69) is 4.90 Å². The Morgan fingerprint density at radius 3 is 2.56 bits per heavy atom. The normalized spacial score (nSPS) is 35.8. The Bertz CT molecular complexity index is 270. The molecule has 0 spiro atoms. The van der Waals surface area contributed by atoms with Crippen molar-refractivity contribution in [2.75, 3.05) is 13.1 Å². The van der Waals surface area contributed by atoms with Crippen LogP contribution in [0.2, 0.25) is 0 Å². The minimum atomic E-state index is 0.448. The molecule has 3 aliphatic rings. The van der Waals surface area contributed by atoms with Crippen LogP contribution < -0.4 is 0 Å². The fourth-order valence-corrected chi connectivity index (χ4v) is 3.66. The van der Waals surface area contributed by atoms with Gasteiger partial charge in [-0.05, 0) is 51.0 Å². The summed E-state index contributed by atoms with van der Waals surface area (Å²) in [6.07, 6.45) is 10.6. The molecule has 0 aromatic carbocycles. The summed E-state index contributed by atoms with van der Waals surface area (Å²) in [5.41, 5.74) is 0. The van der Waals surface area contributed by atoms with Crippen molar-refractivity contribution in [2.45, 2.75) is 57.4 Å². The molecule has 3 rings (SSSR count). The molecule has 0 bridgehead atoms. The third-order valence-corrected chi connectivity index (χ3v) is 4.75. The molecule has 1 saturated heterocycles. The molecule has 1 heterocycles. The third kappa shape index (κ3) is 2.17. The summed E-state index contributed by atoms with van der Waals surface area (Å²) in [7, 11) is 0. The van der Waals surface area contributed by atoms with E-state index in [1.54, 1.807) is 0 Å². The fraction of sp³-hybridized carbons (Fsp3) is 0.929. The Labute approximate surface area is 98.4 Å². The van der Waals surface area contributed by atoms with E-state index >= 15 is 0 Å². The van der Waals surface area contributed by atoms with Crippen molar-refractivity contribution in [1.82, 2.24) is 4.90 Å². The van der Waals surface area contributed by atoms with Gasteiger partial charge in [0.2, 0.25) is 0 Å². The minimum Gasteiger partial charge on any atom is -0.298 e. The van der Waals surface area contributed by atoms with E-state index < -0.39 is 0 Å². The van der Waals surface area contributed by atoms with Gasteiger partial charge in [-0.15, -0.1) is 0 Å². The van der Waals surface area contributed by atoms with Crippen LogP contribution >= 0.6 is 0 Å². The number of hydrogen-bond donors (Lipinski definition) is 0. The highest BCUT2D eigenvalue weighted by molar-refractivity contribution is 5.85. The lowest BCUT2D eigenvalue weighted by molar-refractivity contribution is -0.123. The van der Waals surface area contributed by atoms with Crippen LogP contribution in [0, 0.1) is 11.8 Å². The summed E-state index contributed by atoms with van der Waals surface area (Å²) in [6, 6.07) is 0.755. The zero-order valence-electron chi connectivity index (χ0n) is 10.2. The molecule has 2 atom stereocenters. The second-order valence-corrected chi connectivity index (χ2v) is 5.97. The van der Waals surface area contributed by atoms with Crippen molar-refractivity contribution in [1.29, 1.82) is 0 Å². The van der Waals surface area contributed by atoms with Gasteiger partial charge in [0.1, 0.15) is 5.78 Å². The van der Waals surface area contributed by atoms with E-state index in [0.717, 1.165) is 18.5 Å². The minimum absolute atomic E-state index is 0.448. The van der Waals surface area contributed by atoms with E-state index in [-0.39, 0.29) is 0 Å². The topological polar surface area (TPSA) is 20.3 Å². The number of hydrogen-bond acceptors (Lipinski definition) is 2. The second kappa shape index (κ2) is 4.48. The molecule has 0 aromatic heterocycles. The van der Waals surface area contributed by atoms with Gasteiger partial charge in [-0.2, -0.15) is 0 Å². The number of fused-ring (bicyclic) bond motifs is 1.